The number of para-hydroxylation sites is 2. The Morgan fingerprint density at radius 2 is 2.11 bits per heavy atom. The normalized spacial score (nSPS) is 10.7. The lowest BCUT2D eigenvalue weighted by molar-refractivity contribution is -0.142. The van der Waals surface area contributed by atoms with Gasteiger partial charge in [-0.05, 0) is 12.1 Å². The van der Waals surface area contributed by atoms with Crippen LogP contribution < -0.4 is 0 Å². The van der Waals surface area contributed by atoms with E-state index in [1.54, 1.807) is 6.33 Å². The van der Waals surface area contributed by atoms with Crippen molar-refractivity contribution in [1.82, 2.24) is 9.55 Å². The van der Waals surface area contributed by atoms with Crippen LogP contribution in [0.4, 0.5) is 0 Å². The third kappa shape index (κ3) is 3.30. The minimum absolute atomic E-state index is 0.279. The molecular weight excluding hydrogens is 232 g/mol. The van der Waals surface area contributed by atoms with Gasteiger partial charge in [-0.25, -0.2) is 4.98 Å². The van der Waals surface area contributed by atoms with Crippen LogP contribution in [0.15, 0.2) is 30.6 Å². The van der Waals surface area contributed by atoms with Crippen molar-refractivity contribution in [3.8, 4) is 0 Å². The summed E-state index contributed by atoms with van der Waals surface area (Å²) < 4.78 is 12.2. The molecule has 5 nitrogen and oxygen atoms in total. The van der Waals surface area contributed by atoms with Crippen molar-refractivity contribution in [2.45, 2.75) is 13.5 Å². The number of aromatic nitrogens is 2. The van der Waals surface area contributed by atoms with E-state index in [2.05, 4.69) is 4.98 Å². The van der Waals surface area contributed by atoms with Gasteiger partial charge in [-0.1, -0.05) is 12.1 Å². The Morgan fingerprint density at radius 1 is 1.28 bits per heavy atom. The molecule has 0 saturated heterocycles. The zero-order valence-corrected chi connectivity index (χ0v) is 10.3. The topological polar surface area (TPSA) is 53.4 Å². The largest absolute Gasteiger partial charge is 0.463 e. The molecule has 0 spiro atoms. The molecule has 0 bridgehead atoms. The molecule has 0 aliphatic rings. The SMILES string of the molecule is CC(=O)OCCOCCn1cnc2ccccc21. The molecule has 0 unspecified atom stereocenters. The highest BCUT2D eigenvalue weighted by atomic mass is 16.6. The minimum atomic E-state index is -0.279. The summed E-state index contributed by atoms with van der Waals surface area (Å²) in [6.07, 6.45) is 1.81. The summed E-state index contributed by atoms with van der Waals surface area (Å²) in [7, 11) is 0. The standard InChI is InChI=1S/C13H16N2O3/c1-11(16)18-9-8-17-7-6-15-10-14-12-4-2-3-5-13(12)15/h2-5,10H,6-9H2,1H3. The quantitative estimate of drug-likeness (QED) is 0.575. The average molecular weight is 248 g/mol. The van der Waals surface area contributed by atoms with Gasteiger partial charge in [0.15, 0.2) is 0 Å². The summed E-state index contributed by atoms with van der Waals surface area (Å²) >= 11 is 0. The van der Waals surface area contributed by atoms with Gasteiger partial charge in [0, 0.05) is 13.5 Å². The van der Waals surface area contributed by atoms with E-state index in [4.69, 9.17) is 9.47 Å². The molecule has 2 aromatic rings. The fourth-order valence-electron chi connectivity index (χ4n) is 1.70. The van der Waals surface area contributed by atoms with Crippen molar-refractivity contribution < 1.29 is 14.3 Å². The smallest absolute Gasteiger partial charge is 0.302 e. The molecule has 5 heteroatoms. The van der Waals surface area contributed by atoms with Crippen LogP contribution in [0.25, 0.3) is 11.0 Å². The molecule has 96 valence electrons. The number of carbonyl (C=O) groups is 1. The van der Waals surface area contributed by atoms with Gasteiger partial charge in [0.1, 0.15) is 6.61 Å². The van der Waals surface area contributed by atoms with E-state index in [-0.39, 0.29) is 5.97 Å². The summed E-state index contributed by atoms with van der Waals surface area (Å²) in [6, 6.07) is 7.96. The summed E-state index contributed by atoms with van der Waals surface area (Å²) in [4.78, 5) is 14.8. The van der Waals surface area contributed by atoms with E-state index in [9.17, 15) is 4.79 Å². The third-order valence-electron chi connectivity index (χ3n) is 2.54. The molecule has 0 N–H and O–H groups in total. The zero-order valence-electron chi connectivity index (χ0n) is 10.3. The van der Waals surface area contributed by atoms with Crippen LogP contribution in [0.5, 0.6) is 0 Å². The van der Waals surface area contributed by atoms with Crippen molar-refractivity contribution in [2.75, 3.05) is 19.8 Å². The Kier molecular flexibility index (Phi) is 4.30. The van der Waals surface area contributed by atoms with E-state index in [1.165, 1.54) is 6.92 Å². The van der Waals surface area contributed by atoms with E-state index >= 15 is 0 Å². The van der Waals surface area contributed by atoms with E-state index in [0.717, 1.165) is 17.6 Å². The number of carbonyl (C=O) groups excluding carboxylic acids is 1. The molecule has 2 rings (SSSR count). The van der Waals surface area contributed by atoms with Gasteiger partial charge in [-0.2, -0.15) is 0 Å². The number of imidazole rings is 1. The van der Waals surface area contributed by atoms with Gasteiger partial charge >= 0.3 is 5.97 Å². The van der Waals surface area contributed by atoms with Gasteiger partial charge in [0.25, 0.3) is 0 Å². The molecular formula is C13H16N2O3. The first-order valence-corrected chi connectivity index (χ1v) is 5.88. The lowest BCUT2D eigenvalue weighted by Gasteiger charge is -2.06. The van der Waals surface area contributed by atoms with E-state index in [1.807, 2.05) is 28.8 Å². The molecule has 18 heavy (non-hydrogen) atoms. The maximum atomic E-state index is 10.5. The fraction of sp³-hybridized carbons (Fsp3) is 0.385. The van der Waals surface area contributed by atoms with Crippen LogP contribution in [0, 0.1) is 0 Å². The number of rotatable bonds is 6. The minimum Gasteiger partial charge on any atom is -0.463 e. The van der Waals surface area contributed by atoms with Crippen molar-refractivity contribution in [2.24, 2.45) is 0 Å². The number of ether oxygens (including phenoxy) is 2. The van der Waals surface area contributed by atoms with E-state index < -0.39 is 0 Å². The number of nitrogens with zero attached hydrogens (tertiary/aromatic N) is 2. The maximum absolute atomic E-state index is 10.5. The van der Waals surface area contributed by atoms with Crippen LogP contribution >= 0.6 is 0 Å². The third-order valence-corrected chi connectivity index (χ3v) is 2.54. The Hall–Kier alpha value is -1.88. The number of esters is 1. The number of hydrogen-bond donors (Lipinski definition) is 0. The lowest BCUT2D eigenvalue weighted by atomic mass is 10.3. The predicted octanol–water partition coefficient (Wildman–Crippen LogP) is 1.62. The molecule has 0 amide bonds. The molecule has 0 radical (unpaired) electrons. The summed E-state index contributed by atoms with van der Waals surface area (Å²) in [6.45, 7) is 3.42. The highest BCUT2D eigenvalue weighted by Crippen LogP contribution is 2.11. The van der Waals surface area contributed by atoms with Gasteiger partial charge in [-0.3, -0.25) is 4.79 Å². The van der Waals surface area contributed by atoms with Gasteiger partial charge < -0.3 is 14.0 Å². The molecule has 1 heterocycles. The Bertz CT molecular complexity index is 522. The molecule has 0 aliphatic carbocycles. The Morgan fingerprint density at radius 3 is 2.94 bits per heavy atom. The predicted molar refractivity (Wildman–Crippen MR) is 67.2 cm³/mol. The summed E-state index contributed by atoms with van der Waals surface area (Å²) in [5.74, 6) is -0.279. The van der Waals surface area contributed by atoms with Crippen molar-refractivity contribution in [3.05, 3.63) is 30.6 Å². The highest BCUT2D eigenvalue weighted by Gasteiger charge is 2.00. The Balaban J connectivity index is 1.75. The maximum Gasteiger partial charge on any atom is 0.302 e. The second-order valence-corrected chi connectivity index (χ2v) is 3.88. The van der Waals surface area contributed by atoms with Crippen molar-refractivity contribution in [3.63, 3.8) is 0 Å². The number of fused-ring (bicyclic) bond motifs is 1. The van der Waals surface area contributed by atoms with Gasteiger partial charge in [-0.15, -0.1) is 0 Å². The fourth-order valence-corrected chi connectivity index (χ4v) is 1.70. The second kappa shape index (κ2) is 6.16. The monoisotopic (exact) mass is 248 g/mol. The lowest BCUT2D eigenvalue weighted by Crippen LogP contribution is -2.11. The first-order chi connectivity index (χ1) is 8.77. The molecule has 0 saturated carbocycles. The zero-order chi connectivity index (χ0) is 12.8. The van der Waals surface area contributed by atoms with E-state index in [0.29, 0.717) is 19.8 Å². The Labute approximate surface area is 105 Å². The van der Waals surface area contributed by atoms with Gasteiger partial charge in [0.2, 0.25) is 0 Å². The van der Waals surface area contributed by atoms with Crippen LogP contribution in [0.3, 0.4) is 0 Å². The number of hydrogen-bond acceptors (Lipinski definition) is 4. The molecule has 1 aromatic heterocycles. The first kappa shape index (κ1) is 12.6. The number of benzene rings is 1. The molecule has 1 aromatic carbocycles. The van der Waals surface area contributed by atoms with Crippen LogP contribution in [0.2, 0.25) is 0 Å². The summed E-state index contributed by atoms with van der Waals surface area (Å²) in [5.41, 5.74) is 2.08. The molecule has 0 atom stereocenters. The highest BCUT2D eigenvalue weighted by molar-refractivity contribution is 5.74. The summed E-state index contributed by atoms with van der Waals surface area (Å²) in [5, 5.41) is 0. The second-order valence-electron chi connectivity index (χ2n) is 3.88. The average Bonchev–Trinajstić information content (AvgIpc) is 2.77. The van der Waals surface area contributed by atoms with Crippen molar-refractivity contribution in [1.29, 1.82) is 0 Å². The molecule has 0 fully saturated rings. The molecule has 0 aliphatic heterocycles. The van der Waals surface area contributed by atoms with Crippen LogP contribution in [-0.4, -0.2) is 35.3 Å². The van der Waals surface area contributed by atoms with Crippen molar-refractivity contribution >= 4 is 17.0 Å². The first-order valence-electron chi connectivity index (χ1n) is 5.88. The van der Waals surface area contributed by atoms with Crippen LogP contribution in [-0.2, 0) is 20.8 Å². The van der Waals surface area contributed by atoms with Crippen LogP contribution in [0.1, 0.15) is 6.92 Å². The van der Waals surface area contributed by atoms with Gasteiger partial charge in [0.05, 0.1) is 30.6 Å².